The second kappa shape index (κ2) is 5.55. The summed E-state index contributed by atoms with van der Waals surface area (Å²) in [6, 6.07) is 12.6. The van der Waals surface area contributed by atoms with Crippen LogP contribution >= 0.6 is 27.5 Å². The average molecular weight is 325 g/mol. The number of hydrogen-bond donors (Lipinski definition) is 1. The molecular weight excluding hydrogens is 314 g/mol. The zero-order valence-electron chi connectivity index (χ0n) is 9.71. The van der Waals surface area contributed by atoms with Crippen LogP contribution in [0, 0.1) is 6.92 Å². The minimum Gasteiger partial charge on any atom is -0.322 e. The molecule has 1 N–H and O–H groups in total. The van der Waals surface area contributed by atoms with Crippen LogP contribution in [0.4, 0.5) is 5.69 Å². The summed E-state index contributed by atoms with van der Waals surface area (Å²) in [5.74, 6) is -0.137. The van der Waals surface area contributed by atoms with E-state index in [2.05, 4.69) is 21.2 Å². The first-order valence-electron chi connectivity index (χ1n) is 5.39. The van der Waals surface area contributed by atoms with Gasteiger partial charge in [-0.15, -0.1) is 0 Å². The zero-order valence-corrected chi connectivity index (χ0v) is 12.0. The van der Waals surface area contributed by atoms with E-state index in [0.717, 1.165) is 15.7 Å². The summed E-state index contributed by atoms with van der Waals surface area (Å²) in [4.78, 5) is 12.0. The van der Waals surface area contributed by atoms with Crippen LogP contribution in [0.5, 0.6) is 0 Å². The van der Waals surface area contributed by atoms with Crippen molar-refractivity contribution in [3.05, 3.63) is 63.1 Å². The summed E-state index contributed by atoms with van der Waals surface area (Å²) >= 11 is 9.21. The van der Waals surface area contributed by atoms with E-state index < -0.39 is 0 Å². The molecule has 0 saturated carbocycles. The van der Waals surface area contributed by atoms with Crippen LogP contribution in [0.3, 0.4) is 0 Å². The van der Waals surface area contributed by atoms with Crippen LogP contribution in [-0.4, -0.2) is 5.91 Å². The molecule has 0 fully saturated rings. The van der Waals surface area contributed by atoms with Gasteiger partial charge < -0.3 is 5.32 Å². The Morgan fingerprint density at radius 3 is 2.67 bits per heavy atom. The molecule has 0 aliphatic rings. The molecule has 18 heavy (non-hydrogen) atoms. The first-order valence-corrected chi connectivity index (χ1v) is 6.56. The Bertz CT molecular complexity index is 598. The molecule has 0 aromatic heterocycles. The van der Waals surface area contributed by atoms with Crippen molar-refractivity contribution in [2.75, 3.05) is 5.32 Å². The van der Waals surface area contributed by atoms with E-state index in [9.17, 15) is 4.79 Å². The lowest BCUT2D eigenvalue weighted by Crippen LogP contribution is -2.12. The molecule has 2 rings (SSSR count). The zero-order chi connectivity index (χ0) is 13.1. The molecule has 0 heterocycles. The fourth-order valence-electron chi connectivity index (χ4n) is 1.59. The minimum atomic E-state index is -0.137. The summed E-state index contributed by atoms with van der Waals surface area (Å²) in [6.07, 6.45) is 0. The maximum Gasteiger partial charge on any atom is 0.255 e. The predicted octanol–water partition coefficient (Wildman–Crippen LogP) is 4.66. The van der Waals surface area contributed by atoms with E-state index in [1.54, 1.807) is 24.3 Å². The third kappa shape index (κ3) is 3.12. The molecule has 92 valence electrons. The first kappa shape index (κ1) is 13.1. The number of halogens is 2. The standard InChI is InChI=1S/C14H11BrClNO/c1-9-7-12(16)5-6-13(9)17-14(18)10-3-2-4-11(15)8-10/h2-8H,1H3,(H,17,18). The van der Waals surface area contributed by atoms with Gasteiger partial charge in [0.25, 0.3) is 5.91 Å². The lowest BCUT2D eigenvalue weighted by molar-refractivity contribution is 0.102. The smallest absolute Gasteiger partial charge is 0.255 e. The van der Waals surface area contributed by atoms with E-state index >= 15 is 0 Å². The second-order valence-corrected chi connectivity index (χ2v) is 5.28. The van der Waals surface area contributed by atoms with Gasteiger partial charge in [-0.1, -0.05) is 33.6 Å². The van der Waals surface area contributed by atoms with Gasteiger partial charge in [0.2, 0.25) is 0 Å². The molecule has 1 amide bonds. The van der Waals surface area contributed by atoms with Gasteiger partial charge in [-0.3, -0.25) is 4.79 Å². The second-order valence-electron chi connectivity index (χ2n) is 3.92. The molecule has 2 aromatic carbocycles. The van der Waals surface area contributed by atoms with E-state index in [1.165, 1.54) is 0 Å². The third-order valence-corrected chi connectivity index (χ3v) is 3.25. The highest BCUT2D eigenvalue weighted by atomic mass is 79.9. The molecule has 0 radical (unpaired) electrons. The number of benzene rings is 2. The Kier molecular flexibility index (Phi) is 4.04. The number of nitrogens with one attached hydrogen (secondary N) is 1. The lowest BCUT2D eigenvalue weighted by Gasteiger charge is -2.08. The van der Waals surface area contributed by atoms with Gasteiger partial charge in [-0.25, -0.2) is 0 Å². The number of rotatable bonds is 2. The minimum absolute atomic E-state index is 0.137. The average Bonchev–Trinajstić information content (AvgIpc) is 2.32. The number of hydrogen-bond acceptors (Lipinski definition) is 1. The van der Waals surface area contributed by atoms with E-state index in [4.69, 9.17) is 11.6 Å². The first-order chi connectivity index (χ1) is 8.56. The van der Waals surface area contributed by atoms with Gasteiger partial charge in [0, 0.05) is 20.7 Å². The van der Waals surface area contributed by atoms with Crippen LogP contribution in [0.2, 0.25) is 5.02 Å². The maximum absolute atomic E-state index is 12.0. The Morgan fingerprint density at radius 1 is 1.22 bits per heavy atom. The summed E-state index contributed by atoms with van der Waals surface area (Å²) in [5.41, 5.74) is 2.31. The highest BCUT2D eigenvalue weighted by Gasteiger charge is 2.08. The largest absolute Gasteiger partial charge is 0.322 e. The fraction of sp³-hybridized carbons (Fsp3) is 0.0714. The van der Waals surface area contributed by atoms with Crippen molar-refractivity contribution < 1.29 is 4.79 Å². The number of amides is 1. The van der Waals surface area contributed by atoms with E-state index in [-0.39, 0.29) is 5.91 Å². The van der Waals surface area contributed by atoms with Gasteiger partial charge in [0.1, 0.15) is 0 Å². The SMILES string of the molecule is Cc1cc(Cl)ccc1NC(=O)c1cccc(Br)c1. The summed E-state index contributed by atoms with van der Waals surface area (Å²) < 4.78 is 0.878. The molecule has 0 saturated heterocycles. The van der Waals surface area contributed by atoms with Crippen molar-refractivity contribution in [3.8, 4) is 0 Å². The quantitative estimate of drug-likeness (QED) is 0.855. The number of carbonyl (C=O) groups is 1. The highest BCUT2D eigenvalue weighted by Crippen LogP contribution is 2.20. The molecule has 0 bridgehead atoms. The Hall–Kier alpha value is -1.32. The van der Waals surface area contributed by atoms with Crippen molar-refractivity contribution in [1.29, 1.82) is 0 Å². The van der Waals surface area contributed by atoms with Gasteiger partial charge >= 0.3 is 0 Å². The molecule has 2 aromatic rings. The Labute approximate surface area is 119 Å². The van der Waals surface area contributed by atoms with E-state index in [0.29, 0.717) is 10.6 Å². The van der Waals surface area contributed by atoms with Crippen molar-refractivity contribution in [1.82, 2.24) is 0 Å². The van der Waals surface area contributed by atoms with Crippen LogP contribution in [0.15, 0.2) is 46.9 Å². The van der Waals surface area contributed by atoms with Gasteiger partial charge in [0.15, 0.2) is 0 Å². The van der Waals surface area contributed by atoms with Crippen LogP contribution in [-0.2, 0) is 0 Å². The number of carbonyl (C=O) groups excluding carboxylic acids is 1. The molecule has 2 nitrogen and oxygen atoms in total. The predicted molar refractivity (Wildman–Crippen MR) is 78.3 cm³/mol. The molecule has 0 aliphatic heterocycles. The molecule has 0 spiro atoms. The van der Waals surface area contributed by atoms with Crippen molar-refractivity contribution in [3.63, 3.8) is 0 Å². The van der Waals surface area contributed by atoms with Gasteiger partial charge in [-0.05, 0) is 48.9 Å². The monoisotopic (exact) mass is 323 g/mol. The molecule has 4 heteroatoms. The Morgan fingerprint density at radius 2 is 2.00 bits per heavy atom. The fourth-order valence-corrected chi connectivity index (χ4v) is 2.22. The van der Waals surface area contributed by atoms with Crippen LogP contribution < -0.4 is 5.32 Å². The molecule has 0 unspecified atom stereocenters. The van der Waals surface area contributed by atoms with Gasteiger partial charge in [-0.2, -0.15) is 0 Å². The van der Waals surface area contributed by atoms with Crippen LogP contribution in [0.25, 0.3) is 0 Å². The topological polar surface area (TPSA) is 29.1 Å². The summed E-state index contributed by atoms with van der Waals surface area (Å²) in [6.45, 7) is 1.91. The lowest BCUT2D eigenvalue weighted by atomic mass is 10.1. The molecular formula is C14H11BrClNO. The number of anilines is 1. The highest BCUT2D eigenvalue weighted by molar-refractivity contribution is 9.10. The van der Waals surface area contributed by atoms with E-state index in [1.807, 2.05) is 25.1 Å². The molecule has 0 aliphatic carbocycles. The summed E-state index contributed by atoms with van der Waals surface area (Å²) in [7, 11) is 0. The molecule has 0 atom stereocenters. The van der Waals surface area contributed by atoms with Crippen molar-refractivity contribution in [2.24, 2.45) is 0 Å². The third-order valence-electron chi connectivity index (χ3n) is 2.52. The van der Waals surface area contributed by atoms with Gasteiger partial charge in [0.05, 0.1) is 0 Å². The van der Waals surface area contributed by atoms with Crippen molar-refractivity contribution >= 4 is 39.1 Å². The number of aryl methyl sites for hydroxylation is 1. The Balaban J connectivity index is 2.21. The maximum atomic E-state index is 12.0. The van der Waals surface area contributed by atoms with Crippen molar-refractivity contribution in [2.45, 2.75) is 6.92 Å². The normalized spacial score (nSPS) is 10.2. The van der Waals surface area contributed by atoms with Crippen LogP contribution in [0.1, 0.15) is 15.9 Å². The summed E-state index contributed by atoms with van der Waals surface area (Å²) in [5, 5.41) is 3.52.